The van der Waals surface area contributed by atoms with Gasteiger partial charge >= 0.3 is 11.9 Å². The first-order valence-corrected chi connectivity index (χ1v) is 20.5. The second kappa shape index (κ2) is 35.3. The molecule has 0 spiro atoms. The fourth-order valence-corrected chi connectivity index (χ4v) is 6.59. The standard InChI is InChI=1S/C24H48O2.C18H36O2/c1-4-7-9-10-11-12-13-14-15-16-17-18-20-23(24(25)26)21-22(6-3)19-8-5-2;1-15(2)11-7-5-6-8-13-17(18(19)20)14-10-9-12-16(3)4/h22-23H,4-21H2,1-3H3,(H,25,26);15-17H,5-14H2,1-4H3,(H,19,20). The Labute approximate surface area is 289 Å². The van der Waals surface area contributed by atoms with Gasteiger partial charge in [0.25, 0.3) is 0 Å². The summed E-state index contributed by atoms with van der Waals surface area (Å²) in [5.41, 5.74) is 0. The van der Waals surface area contributed by atoms with E-state index in [2.05, 4.69) is 48.5 Å². The lowest BCUT2D eigenvalue weighted by molar-refractivity contribution is -0.143. The summed E-state index contributed by atoms with van der Waals surface area (Å²) >= 11 is 0. The lowest BCUT2D eigenvalue weighted by atomic mass is 9.86. The topological polar surface area (TPSA) is 74.6 Å². The second-order valence-corrected chi connectivity index (χ2v) is 15.5. The van der Waals surface area contributed by atoms with Gasteiger partial charge in [0.15, 0.2) is 0 Å². The Morgan fingerprint density at radius 3 is 1.11 bits per heavy atom. The summed E-state index contributed by atoms with van der Waals surface area (Å²) in [5, 5.41) is 18.8. The molecule has 0 aromatic carbocycles. The summed E-state index contributed by atoms with van der Waals surface area (Å²) in [6.45, 7) is 15.7. The Bertz CT molecular complexity index is 644. The van der Waals surface area contributed by atoms with Crippen molar-refractivity contribution in [3.05, 3.63) is 0 Å². The van der Waals surface area contributed by atoms with Gasteiger partial charge in [-0.3, -0.25) is 9.59 Å². The third-order valence-electron chi connectivity index (χ3n) is 9.93. The number of unbranched alkanes of at least 4 members (excludes halogenated alkanes) is 16. The van der Waals surface area contributed by atoms with Crippen molar-refractivity contribution in [3.63, 3.8) is 0 Å². The minimum atomic E-state index is -0.586. The zero-order valence-electron chi connectivity index (χ0n) is 32.4. The molecule has 0 saturated carbocycles. The average molecular weight is 653 g/mol. The highest BCUT2D eigenvalue weighted by molar-refractivity contribution is 5.70. The number of carboxylic acid groups (broad SMARTS) is 2. The van der Waals surface area contributed by atoms with E-state index in [9.17, 15) is 19.8 Å². The lowest BCUT2D eigenvalue weighted by Gasteiger charge is -2.19. The molecule has 0 amide bonds. The van der Waals surface area contributed by atoms with Gasteiger partial charge in [0.1, 0.15) is 0 Å². The molecule has 0 aromatic rings. The number of hydrogen-bond donors (Lipinski definition) is 2. The molecule has 0 fully saturated rings. The van der Waals surface area contributed by atoms with Crippen LogP contribution in [0.4, 0.5) is 0 Å². The van der Waals surface area contributed by atoms with Crippen molar-refractivity contribution >= 4 is 11.9 Å². The lowest BCUT2D eigenvalue weighted by Crippen LogP contribution is -2.18. The van der Waals surface area contributed by atoms with Crippen LogP contribution in [0.2, 0.25) is 0 Å². The molecule has 276 valence electrons. The molecule has 0 radical (unpaired) electrons. The van der Waals surface area contributed by atoms with E-state index in [0.29, 0.717) is 5.92 Å². The van der Waals surface area contributed by atoms with Crippen molar-refractivity contribution in [1.82, 2.24) is 0 Å². The van der Waals surface area contributed by atoms with Crippen LogP contribution in [0.5, 0.6) is 0 Å². The summed E-state index contributed by atoms with van der Waals surface area (Å²) in [6, 6.07) is 0. The molecule has 0 rings (SSSR count). The monoisotopic (exact) mass is 653 g/mol. The Balaban J connectivity index is 0. The van der Waals surface area contributed by atoms with Crippen LogP contribution in [0.1, 0.15) is 228 Å². The van der Waals surface area contributed by atoms with E-state index in [4.69, 9.17) is 0 Å². The van der Waals surface area contributed by atoms with Gasteiger partial charge in [-0.1, -0.05) is 203 Å². The molecule has 2 N–H and O–H groups in total. The van der Waals surface area contributed by atoms with E-state index >= 15 is 0 Å². The highest BCUT2D eigenvalue weighted by Gasteiger charge is 2.21. The third kappa shape index (κ3) is 34.3. The summed E-state index contributed by atoms with van der Waals surface area (Å²) < 4.78 is 0. The Kier molecular flexibility index (Phi) is 36.1. The summed E-state index contributed by atoms with van der Waals surface area (Å²) in [6.07, 6.45) is 34.0. The van der Waals surface area contributed by atoms with Gasteiger partial charge in [-0.2, -0.15) is 0 Å². The highest BCUT2D eigenvalue weighted by Crippen LogP contribution is 2.26. The molecule has 3 unspecified atom stereocenters. The summed E-state index contributed by atoms with van der Waals surface area (Å²) in [5.74, 6) is 0.766. The summed E-state index contributed by atoms with van der Waals surface area (Å²) in [4.78, 5) is 22.8. The summed E-state index contributed by atoms with van der Waals surface area (Å²) in [7, 11) is 0. The number of hydrogen-bond acceptors (Lipinski definition) is 2. The molecule has 0 saturated heterocycles. The molecular formula is C42H84O4. The molecule has 0 bridgehead atoms. The van der Waals surface area contributed by atoms with Gasteiger partial charge in [0.05, 0.1) is 11.8 Å². The zero-order valence-corrected chi connectivity index (χ0v) is 32.4. The molecule has 0 aliphatic carbocycles. The molecule has 3 atom stereocenters. The van der Waals surface area contributed by atoms with Gasteiger partial charge in [0.2, 0.25) is 0 Å². The molecule has 0 aliphatic rings. The zero-order chi connectivity index (χ0) is 34.8. The van der Waals surface area contributed by atoms with Gasteiger partial charge < -0.3 is 10.2 Å². The first kappa shape index (κ1) is 47.1. The molecular weight excluding hydrogens is 568 g/mol. The SMILES string of the molecule is CC(C)CCCCCCC(CCCCC(C)C)C(=O)O.CCCCCCCCCCCCCCC(CC(CC)CCCC)C(=O)O. The Morgan fingerprint density at radius 2 is 0.739 bits per heavy atom. The van der Waals surface area contributed by atoms with Crippen molar-refractivity contribution in [2.45, 2.75) is 228 Å². The van der Waals surface area contributed by atoms with Crippen LogP contribution in [0.15, 0.2) is 0 Å². The fraction of sp³-hybridized carbons (Fsp3) is 0.952. The van der Waals surface area contributed by atoms with E-state index in [1.807, 2.05) is 0 Å². The van der Waals surface area contributed by atoms with Crippen molar-refractivity contribution in [2.75, 3.05) is 0 Å². The maximum absolute atomic E-state index is 11.6. The van der Waals surface area contributed by atoms with Crippen LogP contribution in [0.25, 0.3) is 0 Å². The van der Waals surface area contributed by atoms with Crippen LogP contribution < -0.4 is 0 Å². The van der Waals surface area contributed by atoms with Crippen LogP contribution >= 0.6 is 0 Å². The smallest absolute Gasteiger partial charge is 0.306 e. The van der Waals surface area contributed by atoms with E-state index in [-0.39, 0.29) is 11.8 Å². The van der Waals surface area contributed by atoms with Gasteiger partial charge in [-0.15, -0.1) is 0 Å². The molecule has 0 heterocycles. The maximum Gasteiger partial charge on any atom is 0.306 e. The van der Waals surface area contributed by atoms with Crippen molar-refractivity contribution in [1.29, 1.82) is 0 Å². The van der Waals surface area contributed by atoms with Crippen LogP contribution in [-0.2, 0) is 9.59 Å². The third-order valence-corrected chi connectivity index (χ3v) is 9.93. The van der Waals surface area contributed by atoms with Crippen molar-refractivity contribution in [3.8, 4) is 0 Å². The molecule has 46 heavy (non-hydrogen) atoms. The molecule has 4 nitrogen and oxygen atoms in total. The van der Waals surface area contributed by atoms with Crippen molar-refractivity contribution in [2.24, 2.45) is 29.6 Å². The van der Waals surface area contributed by atoms with Crippen LogP contribution in [-0.4, -0.2) is 22.2 Å². The van der Waals surface area contributed by atoms with Gasteiger partial charge in [0, 0.05) is 0 Å². The van der Waals surface area contributed by atoms with Gasteiger partial charge in [-0.25, -0.2) is 0 Å². The molecule has 0 aliphatic heterocycles. The molecule has 4 heteroatoms. The Hall–Kier alpha value is -1.06. The normalized spacial score (nSPS) is 13.4. The predicted octanol–water partition coefficient (Wildman–Crippen LogP) is 14.3. The van der Waals surface area contributed by atoms with E-state index in [1.54, 1.807) is 0 Å². The van der Waals surface area contributed by atoms with E-state index < -0.39 is 11.9 Å². The minimum Gasteiger partial charge on any atom is -0.481 e. The minimum absolute atomic E-state index is 0.104. The van der Waals surface area contributed by atoms with Gasteiger partial charge in [-0.05, 0) is 43.4 Å². The number of aliphatic carboxylic acids is 2. The highest BCUT2D eigenvalue weighted by atomic mass is 16.4. The van der Waals surface area contributed by atoms with Crippen molar-refractivity contribution < 1.29 is 19.8 Å². The maximum atomic E-state index is 11.6. The first-order valence-electron chi connectivity index (χ1n) is 20.5. The second-order valence-electron chi connectivity index (χ2n) is 15.5. The Morgan fingerprint density at radius 1 is 0.413 bits per heavy atom. The van der Waals surface area contributed by atoms with E-state index in [1.165, 1.54) is 128 Å². The molecule has 0 aromatic heterocycles. The average Bonchev–Trinajstić information content (AvgIpc) is 3.01. The first-order chi connectivity index (χ1) is 22.1. The number of carbonyl (C=O) groups is 2. The quantitative estimate of drug-likeness (QED) is 0.0692. The van der Waals surface area contributed by atoms with E-state index in [0.717, 1.165) is 63.2 Å². The predicted molar refractivity (Wildman–Crippen MR) is 202 cm³/mol. The van der Waals surface area contributed by atoms with Crippen LogP contribution in [0.3, 0.4) is 0 Å². The fourth-order valence-electron chi connectivity index (χ4n) is 6.59. The number of rotatable bonds is 33. The van der Waals surface area contributed by atoms with Crippen LogP contribution in [0, 0.1) is 29.6 Å². The largest absolute Gasteiger partial charge is 0.481 e. The number of carboxylic acids is 2.